The van der Waals surface area contributed by atoms with E-state index >= 15 is 0 Å². The number of sulfonamides is 1. The molecule has 0 aromatic carbocycles. The van der Waals surface area contributed by atoms with Gasteiger partial charge in [-0.25, -0.2) is 13.2 Å². The van der Waals surface area contributed by atoms with Crippen LogP contribution in [0.1, 0.15) is 41.1 Å². The van der Waals surface area contributed by atoms with Crippen molar-refractivity contribution in [3.8, 4) is 0 Å². The first kappa shape index (κ1) is 14.6. The molecule has 1 aromatic rings. The van der Waals surface area contributed by atoms with Crippen molar-refractivity contribution in [2.75, 3.05) is 13.1 Å². The number of carboxylic acid groups (broad SMARTS) is 1. The lowest BCUT2D eigenvalue weighted by molar-refractivity contribution is 0.0691. The Hall–Kier alpha value is -1.34. The fourth-order valence-corrected chi connectivity index (χ4v) is 5.67. The Kier molecular flexibility index (Phi) is 3.37. The molecule has 0 unspecified atom stereocenters. The first-order chi connectivity index (χ1) is 9.82. The van der Waals surface area contributed by atoms with E-state index in [1.54, 1.807) is 0 Å². The van der Waals surface area contributed by atoms with E-state index in [-0.39, 0.29) is 22.0 Å². The smallest absolute Gasteiger partial charge is 0.340 e. The van der Waals surface area contributed by atoms with Crippen LogP contribution >= 0.6 is 0 Å². The molecule has 2 aliphatic rings. The third-order valence-electron chi connectivity index (χ3n) is 4.71. The molecule has 1 N–H and O–H groups in total. The Morgan fingerprint density at radius 1 is 1.19 bits per heavy atom. The van der Waals surface area contributed by atoms with E-state index < -0.39 is 16.0 Å². The van der Waals surface area contributed by atoms with Crippen LogP contribution in [0.4, 0.5) is 0 Å². The van der Waals surface area contributed by atoms with E-state index in [0.29, 0.717) is 24.9 Å². The number of aryl methyl sites for hydroxylation is 2. The van der Waals surface area contributed by atoms with Crippen LogP contribution < -0.4 is 0 Å². The van der Waals surface area contributed by atoms with Crippen molar-refractivity contribution in [2.45, 2.75) is 38.0 Å². The van der Waals surface area contributed by atoms with E-state index in [9.17, 15) is 18.3 Å². The molecule has 21 heavy (non-hydrogen) atoms. The normalized spacial score (nSPS) is 26.2. The summed E-state index contributed by atoms with van der Waals surface area (Å²) < 4.78 is 32.4. The number of hydrogen-bond donors (Lipinski definition) is 1. The summed E-state index contributed by atoms with van der Waals surface area (Å²) in [5, 5.41) is 9.28. The highest BCUT2D eigenvalue weighted by molar-refractivity contribution is 7.89. The highest BCUT2D eigenvalue weighted by Crippen LogP contribution is 2.41. The Balaban J connectivity index is 2.02. The van der Waals surface area contributed by atoms with Crippen molar-refractivity contribution < 1.29 is 22.7 Å². The molecule has 1 aromatic heterocycles. The zero-order valence-corrected chi connectivity index (χ0v) is 12.9. The lowest BCUT2D eigenvalue weighted by atomic mass is 10.0. The van der Waals surface area contributed by atoms with Gasteiger partial charge in [0.1, 0.15) is 22.0 Å². The molecular weight excluding hydrogens is 294 g/mol. The third-order valence-corrected chi connectivity index (χ3v) is 6.70. The SMILES string of the molecule is Cc1oc(C)c(S(=O)(=O)N2C[C@H]3CCC[C@H]3C2)c1C(=O)O. The van der Waals surface area contributed by atoms with Crippen LogP contribution in [0.3, 0.4) is 0 Å². The fourth-order valence-electron chi connectivity index (χ4n) is 3.74. The van der Waals surface area contributed by atoms with Crippen LogP contribution in [-0.2, 0) is 10.0 Å². The maximum Gasteiger partial charge on any atom is 0.340 e. The van der Waals surface area contributed by atoms with Gasteiger partial charge in [-0.1, -0.05) is 6.42 Å². The summed E-state index contributed by atoms with van der Waals surface area (Å²) in [4.78, 5) is 11.2. The topological polar surface area (TPSA) is 87.8 Å². The van der Waals surface area contributed by atoms with Crippen molar-refractivity contribution in [3.05, 3.63) is 17.1 Å². The summed E-state index contributed by atoms with van der Waals surface area (Å²) in [7, 11) is -3.81. The zero-order valence-electron chi connectivity index (χ0n) is 12.1. The molecule has 0 amide bonds. The minimum Gasteiger partial charge on any atom is -0.478 e. The van der Waals surface area contributed by atoms with Gasteiger partial charge in [0, 0.05) is 13.1 Å². The maximum atomic E-state index is 12.8. The Morgan fingerprint density at radius 3 is 2.29 bits per heavy atom. The van der Waals surface area contributed by atoms with E-state index in [1.807, 2.05) is 0 Å². The van der Waals surface area contributed by atoms with Crippen LogP contribution in [0.25, 0.3) is 0 Å². The van der Waals surface area contributed by atoms with E-state index in [1.165, 1.54) is 18.2 Å². The van der Waals surface area contributed by atoms with E-state index in [4.69, 9.17) is 4.42 Å². The second-order valence-corrected chi connectivity index (χ2v) is 7.87. The largest absolute Gasteiger partial charge is 0.478 e. The average Bonchev–Trinajstić information content (AvgIpc) is 3.00. The Bertz CT molecular complexity index is 678. The van der Waals surface area contributed by atoms with Crippen LogP contribution in [0, 0.1) is 25.7 Å². The number of hydrogen-bond acceptors (Lipinski definition) is 4. The number of carboxylic acids is 1. The summed E-state index contributed by atoms with van der Waals surface area (Å²) in [6, 6.07) is 0. The van der Waals surface area contributed by atoms with Crippen LogP contribution in [0.15, 0.2) is 9.31 Å². The molecule has 2 atom stereocenters. The van der Waals surface area contributed by atoms with Gasteiger partial charge >= 0.3 is 5.97 Å². The minimum atomic E-state index is -3.81. The molecule has 3 rings (SSSR count). The van der Waals surface area contributed by atoms with Gasteiger partial charge in [-0.05, 0) is 38.5 Å². The molecule has 2 heterocycles. The predicted octanol–water partition coefficient (Wildman–Crippen LogP) is 2.02. The van der Waals surface area contributed by atoms with Gasteiger partial charge in [-0.3, -0.25) is 0 Å². The maximum absolute atomic E-state index is 12.8. The molecule has 1 saturated heterocycles. The van der Waals surface area contributed by atoms with Crippen molar-refractivity contribution in [1.29, 1.82) is 0 Å². The van der Waals surface area contributed by atoms with Gasteiger partial charge in [0.2, 0.25) is 10.0 Å². The summed E-state index contributed by atoms with van der Waals surface area (Å²) in [6.07, 6.45) is 3.28. The molecule has 0 bridgehead atoms. The van der Waals surface area contributed by atoms with Crippen LogP contribution in [0.5, 0.6) is 0 Å². The highest BCUT2D eigenvalue weighted by atomic mass is 32.2. The van der Waals surface area contributed by atoms with E-state index in [2.05, 4.69) is 0 Å². The Morgan fingerprint density at radius 2 is 1.76 bits per heavy atom. The van der Waals surface area contributed by atoms with Gasteiger partial charge in [0.25, 0.3) is 0 Å². The van der Waals surface area contributed by atoms with Crippen molar-refractivity contribution in [2.24, 2.45) is 11.8 Å². The summed E-state index contributed by atoms with van der Waals surface area (Å²) in [5.41, 5.74) is -0.232. The highest BCUT2D eigenvalue weighted by Gasteiger charge is 2.44. The monoisotopic (exact) mass is 313 g/mol. The van der Waals surface area contributed by atoms with Crippen molar-refractivity contribution in [3.63, 3.8) is 0 Å². The van der Waals surface area contributed by atoms with Gasteiger partial charge in [-0.15, -0.1) is 0 Å². The molecule has 116 valence electrons. The lowest BCUT2D eigenvalue weighted by Crippen LogP contribution is -2.31. The number of carbonyl (C=O) groups is 1. The lowest BCUT2D eigenvalue weighted by Gasteiger charge is -2.17. The molecule has 0 spiro atoms. The minimum absolute atomic E-state index is 0.137. The predicted molar refractivity (Wildman–Crippen MR) is 74.7 cm³/mol. The number of nitrogens with zero attached hydrogens (tertiary/aromatic N) is 1. The molecule has 1 aliphatic carbocycles. The molecule has 0 radical (unpaired) electrons. The van der Waals surface area contributed by atoms with Gasteiger partial charge in [-0.2, -0.15) is 4.31 Å². The number of furan rings is 1. The number of rotatable bonds is 3. The van der Waals surface area contributed by atoms with Crippen LogP contribution in [0.2, 0.25) is 0 Å². The summed E-state index contributed by atoms with van der Waals surface area (Å²) in [5.74, 6) is -0.134. The van der Waals surface area contributed by atoms with E-state index in [0.717, 1.165) is 19.3 Å². The average molecular weight is 313 g/mol. The zero-order chi connectivity index (χ0) is 15.4. The molecule has 1 saturated carbocycles. The third kappa shape index (κ3) is 2.19. The van der Waals surface area contributed by atoms with Crippen molar-refractivity contribution >= 4 is 16.0 Å². The second kappa shape index (κ2) is 4.84. The van der Waals surface area contributed by atoms with Crippen LogP contribution in [-0.4, -0.2) is 36.9 Å². The van der Waals surface area contributed by atoms with Gasteiger partial charge < -0.3 is 9.52 Å². The first-order valence-corrected chi connectivity index (χ1v) is 8.59. The number of fused-ring (bicyclic) bond motifs is 1. The molecule has 2 fully saturated rings. The fraction of sp³-hybridized carbons (Fsp3) is 0.643. The summed E-state index contributed by atoms with van der Waals surface area (Å²) in [6.45, 7) is 3.98. The molecular formula is C14H19NO5S. The standard InChI is InChI=1S/C14H19NO5S/c1-8-12(14(16)17)13(9(2)20-8)21(18,19)15-6-10-4-3-5-11(10)7-15/h10-11H,3-7H2,1-2H3,(H,16,17)/t10-,11+. The molecule has 7 heteroatoms. The molecule has 6 nitrogen and oxygen atoms in total. The quantitative estimate of drug-likeness (QED) is 0.922. The summed E-state index contributed by atoms with van der Waals surface area (Å²) >= 11 is 0. The number of aromatic carboxylic acids is 1. The second-order valence-electron chi connectivity index (χ2n) is 6.00. The van der Waals surface area contributed by atoms with Gasteiger partial charge in [0.15, 0.2) is 0 Å². The first-order valence-electron chi connectivity index (χ1n) is 7.15. The molecule has 1 aliphatic heterocycles. The van der Waals surface area contributed by atoms with Gasteiger partial charge in [0.05, 0.1) is 0 Å². The van der Waals surface area contributed by atoms with Crippen molar-refractivity contribution in [1.82, 2.24) is 4.31 Å². The Labute approximate surface area is 123 Å².